The van der Waals surface area contributed by atoms with E-state index in [9.17, 15) is 17.8 Å². The molecule has 0 N–H and O–H groups in total. The molecule has 0 radical (unpaired) electrons. The molecule has 5 nitrogen and oxygen atoms in total. The molecule has 0 aliphatic carbocycles. The van der Waals surface area contributed by atoms with Crippen molar-refractivity contribution in [1.29, 1.82) is 0 Å². The van der Waals surface area contributed by atoms with Crippen molar-refractivity contribution in [3.05, 3.63) is 12.2 Å². The predicted octanol–water partition coefficient (Wildman–Crippen LogP) is 2.42. The van der Waals surface area contributed by atoms with Gasteiger partial charge in [0, 0.05) is 19.5 Å². The number of hydrogen-bond acceptors (Lipinski definition) is 4. The van der Waals surface area contributed by atoms with Crippen LogP contribution in [0, 0.1) is 0 Å². The maximum Gasteiger partial charge on any atom is 1.00 e. The Kier molecular flexibility index (Phi) is 23.1. The van der Waals surface area contributed by atoms with E-state index in [0.717, 1.165) is 25.7 Å². The van der Waals surface area contributed by atoms with Crippen LogP contribution in [0.15, 0.2) is 12.2 Å². The third-order valence-corrected chi connectivity index (χ3v) is 5.68. The van der Waals surface area contributed by atoms with Crippen LogP contribution in [0.5, 0.6) is 0 Å². The Labute approximate surface area is 202 Å². The standard InChI is InChI=1S/C22H43NO4S.Na/c1-3-5-6-7-8-9-10-11-12-13-14-15-16-17-18-19-22(24)23(4-2)20-21-28(25,26)27;/h11-12H,3-10,13-21H2,1-2H3,(H,25,26,27);/q;+1/p-1/b12-11-;. The molecule has 166 valence electrons. The minimum absolute atomic E-state index is 0. The van der Waals surface area contributed by atoms with Gasteiger partial charge in [-0.15, -0.1) is 0 Å². The van der Waals surface area contributed by atoms with Gasteiger partial charge in [0.2, 0.25) is 5.91 Å². The van der Waals surface area contributed by atoms with Gasteiger partial charge in [0.05, 0.1) is 15.9 Å². The Morgan fingerprint density at radius 2 is 1.31 bits per heavy atom. The second-order valence-corrected chi connectivity index (χ2v) is 9.09. The molecule has 0 heterocycles. The summed E-state index contributed by atoms with van der Waals surface area (Å²) in [5, 5.41) is 0. The van der Waals surface area contributed by atoms with Gasteiger partial charge in [0.1, 0.15) is 0 Å². The first-order valence-corrected chi connectivity index (χ1v) is 12.8. The number of carbonyl (C=O) groups excluding carboxylic acids is 1. The van der Waals surface area contributed by atoms with Crippen LogP contribution in [0.2, 0.25) is 0 Å². The Bertz CT molecular complexity index is 509. The van der Waals surface area contributed by atoms with Crippen LogP contribution in [-0.4, -0.2) is 42.6 Å². The molecule has 0 spiro atoms. The molecule has 0 aromatic rings. The molecule has 0 bridgehead atoms. The second kappa shape index (κ2) is 21.4. The molecule has 0 rings (SSSR count). The zero-order chi connectivity index (χ0) is 21.1. The van der Waals surface area contributed by atoms with Gasteiger partial charge in [0.25, 0.3) is 0 Å². The van der Waals surface area contributed by atoms with Gasteiger partial charge in [-0.05, 0) is 39.0 Å². The zero-order valence-corrected chi connectivity index (χ0v) is 22.0. The minimum atomic E-state index is -4.26. The molecular formula is C22H42NNaO4S. The van der Waals surface area contributed by atoms with Gasteiger partial charge < -0.3 is 9.45 Å². The number of unbranched alkanes of at least 4 members (excludes halogenated alkanes) is 11. The van der Waals surface area contributed by atoms with Gasteiger partial charge in [0.15, 0.2) is 0 Å². The first kappa shape index (κ1) is 31.3. The molecule has 0 fully saturated rings. The second-order valence-electron chi connectivity index (χ2n) is 7.57. The molecule has 0 saturated carbocycles. The van der Waals surface area contributed by atoms with E-state index >= 15 is 0 Å². The molecule has 0 atom stereocenters. The monoisotopic (exact) mass is 439 g/mol. The SMILES string of the molecule is CCCCCCCC/C=C\CCCCCCCC(=O)N(CC)CCS(=O)(=O)[O-].[Na+]. The van der Waals surface area contributed by atoms with Crippen LogP contribution in [0.1, 0.15) is 104 Å². The number of hydrogen-bond donors (Lipinski definition) is 0. The van der Waals surface area contributed by atoms with Crippen LogP contribution >= 0.6 is 0 Å². The van der Waals surface area contributed by atoms with Crippen LogP contribution in [0.25, 0.3) is 0 Å². The third kappa shape index (κ3) is 22.6. The minimum Gasteiger partial charge on any atom is -0.748 e. The number of allylic oxidation sites excluding steroid dienone is 2. The number of nitrogens with zero attached hydrogens (tertiary/aromatic N) is 1. The Hall–Kier alpha value is 0.120. The number of carbonyl (C=O) groups is 1. The fourth-order valence-electron chi connectivity index (χ4n) is 3.19. The Balaban J connectivity index is 0. The summed E-state index contributed by atoms with van der Waals surface area (Å²) in [5.41, 5.74) is 0. The number of amides is 1. The summed E-state index contributed by atoms with van der Waals surface area (Å²) in [5.74, 6) is -0.553. The van der Waals surface area contributed by atoms with E-state index in [4.69, 9.17) is 0 Å². The Morgan fingerprint density at radius 3 is 1.79 bits per heavy atom. The zero-order valence-electron chi connectivity index (χ0n) is 19.2. The maximum absolute atomic E-state index is 12.0. The smallest absolute Gasteiger partial charge is 0.748 e. The normalized spacial score (nSPS) is 11.6. The van der Waals surface area contributed by atoms with E-state index in [2.05, 4.69) is 19.1 Å². The molecule has 29 heavy (non-hydrogen) atoms. The molecule has 0 unspecified atom stereocenters. The molecule has 0 aromatic heterocycles. The van der Waals surface area contributed by atoms with Gasteiger partial charge >= 0.3 is 29.6 Å². The van der Waals surface area contributed by atoms with Crippen molar-refractivity contribution in [3.63, 3.8) is 0 Å². The van der Waals surface area contributed by atoms with Crippen molar-refractivity contribution >= 4 is 16.0 Å². The molecule has 0 aliphatic rings. The van der Waals surface area contributed by atoms with Crippen LogP contribution in [0.4, 0.5) is 0 Å². The van der Waals surface area contributed by atoms with E-state index in [-0.39, 0.29) is 42.0 Å². The van der Waals surface area contributed by atoms with E-state index in [1.807, 2.05) is 0 Å². The summed E-state index contributed by atoms with van der Waals surface area (Å²) in [4.78, 5) is 13.5. The van der Waals surface area contributed by atoms with Gasteiger partial charge in [-0.2, -0.15) is 0 Å². The summed E-state index contributed by atoms with van der Waals surface area (Å²) >= 11 is 0. The third-order valence-electron chi connectivity index (χ3n) is 5.00. The van der Waals surface area contributed by atoms with Crippen LogP contribution in [0.3, 0.4) is 0 Å². The molecule has 7 heteroatoms. The number of rotatable bonds is 19. The van der Waals surface area contributed by atoms with Gasteiger partial charge in [-0.1, -0.05) is 70.4 Å². The molecular weight excluding hydrogens is 397 g/mol. The van der Waals surface area contributed by atoms with E-state index < -0.39 is 15.9 Å². The molecule has 0 aliphatic heterocycles. The van der Waals surface area contributed by atoms with Crippen molar-refractivity contribution in [1.82, 2.24) is 4.90 Å². The average Bonchev–Trinajstić information content (AvgIpc) is 2.64. The van der Waals surface area contributed by atoms with E-state index in [0.29, 0.717) is 13.0 Å². The largest absolute Gasteiger partial charge is 1.00 e. The molecule has 0 saturated heterocycles. The fourth-order valence-corrected chi connectivity index (χ4v) is 3.63. The predicted molar refractivity (Wildman–Crippen MR) is 116 cm³/mol. The van der Waals surface area contributed by atoms with Crippen molar-refractivity contribution in [2.75, 3.05) is 18.8 Å². The van der Waals surface area contributed by atoms with Gasteiger partial charge in [-0.3, -0.25) is 4.79 Å². The molecule has 0 aromatic carbocycles. The fraction of sp³-hybridized carbons (Fsp3) is 0.864. The van der Waals surface area contributed by atoms with E-state index in [1.165, 1.54) is 62.7 Å². The van der Waals surface area contributed by atoms with E-state index in [1.54, 1.807) is 6.92 Å². The first-order chi connectivity index (χ1) is 13.4. The maximum atomic E-state index is 12.0. The van der Waals surface area contributed by atoms with Crippen molar-refractivity contribution in [2.24, 2.45) is 0 Å². The topological polar surface area (TPSA) is 77.5 Å². The van der Waals surface area contributed by atoms with Gasteiger partial charge in [-0.25, -0.2) is 8.42 Å². The summed E-state index contributed by atoms with van der Waals surface area (Å²) in [7, 11) is -4.26. The molecule has 1 amide bonds. The summed E-state index contributed by atoms with van der Waals surface area (Å²) in [6, 6.07) is 0. The summed E-state index contributed by atoms with van der Waals surface area (Å²) in [6.07, 6.45) is 20.8. The summed E-state index contributed by atoms with van der Waals surface area (Å²) in [6.45, 7) is 4.50. The van der Waals surface area contributed by atoms with Crippen LogP contribution < -0.4 is 29.6 Å². The Morgan fingerprint density at radius 1 is 0.828 bits per heavy atom. The van der Waals surface area contributed by atoms with Crippen molar-refractivity contribution in [2.45, 2.75) is 104 Å². The average molecular weight is 440 g/mol. The van der Waals surface area contributed by atoms with Crippen LogP contribution in [-0.2, 0) is 14.9 Å². The summed E-state index contributed by atoms with van der Waals surface area (Å²) < 4.78 is 32.1. The quantitative estimate of drug-likeness (QED) is 0.134. The first-order valence-electron chi connectivity index (χ1n) is 11.3. The van der Waals surface area contributed by atoms with Crippen molar-refractivity contribution in [3.8, 4) is 0 Å². The van der Waals surface area contributed by atoms with Crippen molar-refractivity contribution < 1.29 is 47.3 Å².